The Morgan fingerprint density at radius 3 is 2.65 bits per heavy atom. The van der Waals surface area contributed by atoms with Crippen LogP contribution in [0.4, 0.5) is 0 Å². The van der Waals surface area contributed by atoms with Crippen LogP contribution in [0, 0.1) is 0 Å². The fourth-order valence-corrected chi connectivity index (χ4v) is 3.32. The molecule has 3 aromatic carbocycles. The van der Waals surface area contributed by atoms with Gasteiger partial charge in [0, 0.05) is 23.6 Å². The minimum absolute atomic E-state index is 0.182. The molecular formula is C24H22ClN3O3. The molecule has 7 heteroatoms. The summed E-state index contributed by atoms with van der Waals surface area (Å²) < 4.78 is 11.3. The molecule has 1 amide bonds. The standard InChI is InChI=1S/C24H22ClN3O3/c1-30-22-14-17(8-11-21(22)31-15-16-6-9-18(25)10-7-16)24(29)26-13-12-23-27-19-4-2-3-5-20(19)28-23/h2-11,14H,12-13,15H2,1H3,(H,26,29)(H,27,28). The molecule has 31 heavy (non-hydrogen) atoms. The zero-order valence-electron chi connectivity index (χ0n) is 17.0. The first-order valence-electron chi connectivity index (χ1n) is 9.89. The largest absolute Gasteiger partial charge is 0.493 e. The first-order valence-corrected chi connectivity index (χ1v) is 10.3. The number of H-pyrrole nitrogens is 1. The lowest BCUT2D eigenvalue weighted by Gasteiger charge is -2.12. The highest BCUT2D eigenvalue weighted by Crippen LogP contribution is 2.29. The van der Waals surface area contributed by atoms with Gasteiger partial charge in [-0.25, -0.2) is 4.98 Å². The average molecular weight is 436 g/mol. The van der Waals surface area contributed by atoms with Gasteiger partial charge in [0.15, 0.2) is 11.5 Å². The zero-order chi connectivity index (χ0) is 21.6. The molecule has 0 aliphatic carbocycles. The van der Waals surface area contributed by atoms with Crippen LogP contribution >= 0.6 is 11.6 Å². The lowest BCUT2D eigenvalue weighted by molar-refractivity contribution is 0.0953. The molecule has 6 nitrogen and oxygen atoms in total. The minimum atomic E-state index is -0.182. The second-order valence-electron chi connectivity index (χ2n) is 6.99. The van der Waals surface area contributed by atoms with E-state index in [2.05, 4.69) is 15.3 Å². The fraction of sp³-hybridized carbons (Fsp3) is 0.167. The molecule has 0 fully saturated rings. The smallest absolute Gasteiger partial charge is 0.251 e. The summed E-state index contributed by atoms with van der Waals surface area (Å²) in [5.41, 5.74) is 3.39. The monoisotopic (exact) mass is 435 g/mol. The lowest BCUT2D eigenvalue weighted by atomic mass is 10.2. The third kappa shape index (κ3) is 5.16. The van der Waals surface area contributed by atoms with Crippen molar-refractivity contribution in [1.29, 1.82) is 0 Å². The quantitative estimate of drug-likeness (QED) is 0.417. The summed E-state index contributed by atoms with van der Waals surface area (Å²) in [6.07, 6.45) is 0.611. The number of hydrogen-bond donors (Lipinski definition) is 2. The molecule has 0 aliphatic heterocycles. The third-order valence-corrected chi connectivity index (χ3v) is 5.07. The van der Waals surface area contributed by atoms with Gasteiger partial charge >= 0.3 is 0 Å². The highest BCUT2D eigenvalue weighted by molar-refractivity contribution is 6.30. The van der Waals surface area contributed by atoms with Gasteiger partial charge in [-0.05, 0) is 48.0 Å². The number of hydrogen-bond acceptors (Lipinski definition) is 4. The summed E-state index contributed by atoms with van der Waals surface area (Å²) >= 11 is 5.91. The van der Waals surface area contributed by atoms with Gasteiger partial charge < -0.3 is 19.8 Å². The van der Waals surface area contributed by atoms with Gasteiger partial charge in [-0.1, -0.05) is 35.9 Å². The van der Waals surface area contributed by atoms with E-state index in [0.29, 0.717) is 41.7 Å². The Morgan fingerprint density at radius 1 is 1.06 bits per heavy atom. The van der Waals surface area contributed by atoms with E-state index in [1.807, 2.05) is 48.5 Å². The van der Waals surface area contributed by atoms with Crippen molar-refractivity contribution in [2.75, 3.05) is 13.7 Å². The van der Waals surface area contributed by atoms with E-state index < -0.39 is 0 Å². The molecule has 4 aromatic rings. The van der Waals surface area contributed by atoms with Crippen LogP contribution in [0.3, 0.4) is 0 Å². The lowest BCUT2D eigenvalue weighted by Crippen LogP contribution is -2.26. The summed E-state index contributed by atoms with van der Waals surface area (Å²) in [5.74, 6) is 1.72. The molecule has 0 radical (unpaired) electrons. The molecule has 1 heterocycles. The van der Waals surface area contributed by atoms with Gasteiger partial charge in [-0.2, -0.15) is 0 Å². The Bertz CT molecular complexity index is 1160. The number of methoxy groups -OCH3 is 1. The van der Waals surface area contributed by atoms with Gasteiger partial charge in [0.1, 0.15) is 12.4 Å². The normalized spacial score (nSPS) is 10.8. The summed E-state index contributed by atoms with van der Waals surface area (Å²) in [6.45, 7) is 0.840. The van der Waals surface area contributed by atoms with Gasteiger partial charge in [-0.3, -0.25) is 4.79 Å². The molecule has 0 saturated heterocycles. The fourth-order valence-electron chi connectivity index (χ4n) is 3.19. The van der Waals surface area contributed by atoms with E-state index in [1.54, 1.807) is 25.3 Å². The first-order chi connectivity index (χ1) is 15.1. The van der Waals surface area contributed by atoms with Crippen LogP contribution in [0.2, 0.25) is 5.02 Å². The van der Waals surface area contributed by atoms with Gasteiger partial charge in [0.25, 0.3) is 5.91 Å². The van der Waals surface area contributed by atoms with Crippen molar-refractivity contribution in [2.45, 2.75) is 13.0 Å². The highest BCUT2D eigenvalue weighted by atomic mass is 35.5. The molecule has 0 bridgehead atoms. The van der Waals surface area contributed by atoms with E-state index in [0.717, 1.165) is 22.4 Å². The van der Waals surface area contributed by atoms with E-state index in [9.17, 15) is 4.79 Å². The number of benzene rings is 3. The topological polar surface area (TPSA) is 76.2 Å². The van der Waals surface area contributed by atoms with Crippen LogP contribution in [0.25, 0.3) is 11.0 Å². The van der Waals surface area contributed by atoms with Crippen molar-refractivity contribution in [3.63, 3.8) is 0 Å². The average Bonchev–Trinajstić information content (AvgIpc) is 3.21. The van der Waals surface area contributed by atoms with E-state index >= 15 is 0 Å². The van der Waals surface area contributed by atoms with Crippen LogP contribution in [-0.2, 0) is 13.0 Å². The second kappa shape index (κ2) is 9.53. The maximum atomic E-state index is 12.5. The molecule has 0 unspecified atom stereocenters. The number of carbonyl (C=O) groups is 1. The highest BCUT2D eigenvalue weighted by Gasteiger charge is 2.12. The SMILES string of the molecule is COc1cc(C(=O)NCCc2nc3ccccc3[nH]2)ccc1OCc1ccc(Cl)cc1. The van der Waals surface area contributed by atoms with Gasteiger partial charge in [0.05, 0.1) is 18.1 Å². The number of rotatable bonds is 8. The van der Waals surface area contributed by atoms with Crippen LogP contribution in [0.15, 0.2) is 66.7 Å². The van der Waals surface area contributed by atoms with E-state index in [1.165, 1.54) is 0 Å². The van der Waals surface area contributed by atoms with Gasteiger partial charge in [0.2, 0.25) is 0 Å². The Morgan fingerprint density at radius 2 is 1.87 bits per heavy atom. The number of imidazole rings is 1. The van der Waals surface area contributed by atoms with Crippen molar-refractivity contribution in [3.05, 3.63) is 88.7 Å². The number of nitrogens with zero attached hydrogens (tertiary/aromatic N) is 1. The van der Waals surface area contributed by atoms with E-state index in [4.69, 9.17) is 21.1 Å². The number of ether oxygens (including phenoxy) is 2. The summed E-state index contributed by atoms with van der Waals surface area (Å²) in [6, 6.07) is 20.4. The summed E-state index contributed by atoms with van der Waals surface area (Å²) in [5, 5.41) is 3.60. The number of fused-ring (bicyclic) bond motifs is 1. The van der Waals surface area contributed by atoms with Crippen LogP contribution in [0.5, 0.6) is 11.5 Å². The molecule has 0 spiro atoms. The Hall–Kier alpha value is -3.51. The van der Waals surface area contributed by atoms with Crippen LogP contribution in [-0.4, -0.2) is 29.5 Å². The predicted molar refractivity (Wildman–Crippen MR) is 121 cm³/mol. The summed E-state index contributed by atoms with van der Waals surface area (Å²) in [4.78, 5) is 20.3. The molecule has 1 aromatic heterocycles. The predicted octanol–water partition coefficient (Wildman–Crippen LogP) is 4.78. The number of carbonyl (C=O) groups excluding carboxylic acids is 1. The Balaban J connectivity index is 1.34. The van der Waals surface area contributed by atoms with Crippen molar-refractivity contribution in [3.8, 4) is 11.5 Å². The minimum Gasteiger partial charge on any atom is -0.493 e. The zero-order valence-corrected chi connectivity index (χ0v) is 17.8. The van der Waals surface area contributed by atoms with Crippen molar-refractivity contribution < 1.29 is 14.3 Å². The maximum Gasteiger partial charge on any atom is 0.251 e. The van der Waals surface area contributed by atoms with Crippen molar-refractivity contribution in [1.82, 2.24) is 15.3 Å². The molecule has 0 aliphatic rings. The summed E-state index contributed by atoms with van der Waals surface area (Å²) in [7, 11) is 1.55. The van der Waals surface area contributed by atoms with Crippen molar-refractivity contribution >= 4 is 28.5 Å². The number of aromatic amines is 1. The second-order valence-corrected chi connectivity index (χ2v) is 7.42. The Labute approximate surface area is 185 Å². The molecule has 2 N–H and O–H groups in total. The van der Waals surface area contributed by atoms with Gasteiger partial charge in [-0.15, -0.1) is 0 Å². The molecule has 4 rings (SSSR count). The maximum absolute atomic E-state index is 12.5. The number of aromatic nitrogens is 2. The first kappa shape index (κ1) is 20.8. The van der Waals surface area contributed by atoms with Crippen LogP contribution in [0.1, 0.15) is 21.7 Å². The number of para-hydroxylation sites is 2. The molecule has 0 saturated carbocycles. The number of halogens is 1. The third-order valence-electron chi connectivity index (χ3n) is 4.82. The number of amides is 1. The Kier molecular flexibility index (Phi) is 6.38. The molecule has 0 atom stereocenters. The van der Waals surface area contributed by atoms with Crippen molar-refractivity contribution in [2.24, 2.45) is 0 Å². The van der Waals surface area contributed by atoms with Crippen LogP contribution < -0.4 is 14.8 Å². The molecule has 158 valence electrons. The molecular weight excluding hydrogens is 414 g/mol. The van der Waals surface area contributed by atoms with E-state index in [-0.39, 0.29) is 5.91 Å². The number of nitrogens with one attached hydrogen (secondary N) is 2.